The second-order valence-corrected chi connectivity index (χ2v) is 6.40. The van der Waals surface area contributed by atoms with Gasteiger partial charge >= 0.3 is 0 Å². The number of rotatable bonds is 13. The van der Waals surface area contributed by atoms with Gasteiger partial charge in [0.2, 0.25) is 0 Å². The van der Waals surface area contributed by atoms with Crippen LogP contribution in [0, 0.1) is 0 Å². The second kappa shape index (κ2) is 11.7. The molecule has 0 aliphatic heterocycles. The highest BCUT2D eigenvalue weighted by molar-refractivity contribution is 4.73. The molecule has 0 aliphatic rings. The second-order valence-electron chi connectivity index (χ2n) is 6.40. The van der Waals surface area contributed by atoms with Crippen LogP contribution in [0.2, 0.25) is 0 Å². The monoisotopic (exact) mass is 271 g/mol. The van der Waals surface area contributed by atoms with Gasteiger partial charge in [-0.1, -0.05) is 51.9 Å². The van der Waals surface area contributed by atoms with E-state index < -0.39 is 0 Å². The molecule has 0 saturated carbocycles. The van der Waals surface area contributed by atoms with Crippen molar-refractivity contribution in [3.8, 4) is 0 Å². The Morgan fingerprint density at radius 1 is 0.947 bits per heavy atom. The third-order valence-corrected chi connectivity index (χ3v) is 4.21. The highest BCUT2D eigenvalue weighted by Crippen LogP contribution is 2.19. The van der Waals surface area contributed by atoms with Crippen molar-refractivity contribution in [3.63, 3.8) is 0 Å². The van der Waals surface area contributed by atoms with Crippen LogP contribution in [0.15, 0.2) is 0 Å². The van der Waals surface area contributed by atoms with Gasteiger partial charge in [-0.2, -0.15) is 0 Å². The first-order valence-corrected chi connectivity index (χ1v) is 8.28. The third kappa shape index (κ3) is 11.4. The summed E-state index contributed by atoms with van der Waals surface area (Å²) in [5.74, 6) is 0. The Morgan fingerprint density at radius 3 is 2.05 bits per heavy atom. The summed E-state index contributed by atoms with van der Waals surface area (Å²) in [5, 5.41) is 3.45. The van der Waals surface area contributed by atoms with Crippen molar-refractivity contribution in [1.29, 1.82) is 0 Å². The van der Waals surface area contributed by atoms with E-state index in [2.05, 4.69) is 33.1 Å². The maximum atomic E-state index is 5.49. The van der Waals surface area contributed by atoms with Crippen LogP contribution in [0.4, 0.5) is 0 Å². The molecule has 0 aromatic rings. The number of nitrogens with one attached hydrogen (secondary N) is 1. The normalized spacial score (nSPS) is 13.7. The molecule has 0 aromatic carbocycles. The lowest BCUT2D eigenvalue weighted by molar-refractivity contribution is 0.0116. The fraction of sp³-hybridized carbons (Fsp3) is 1.00. The molecular formula is C17H37NO. The highest BCUT2D eigenvalue weighted by atomic mass is 16.5. The van der Waals surface area contributed by atoms with Crippen molar-refractivity contribution in [2.75, 3.05) is 14.2 Å². The molecular weight excluding hydrogens is 234 g/mol. The van der Waals surface area contributed by atoms with E-state index in [9.17, 15) is 0 Å². The van der Waals surface area contributed by atoms with Crippen molar-refractivity contribution < 1.29 is 4.74 Å². The average molecular weight is 271 g/mol. The SMILES string of the molecule is CCCCCCCCCC(CCC(C)(C)OC)NC. The minimum absolute atomic E-state index is 0.0231. The Kier molecular flexibility index (Phi) is 11.7. The maximum Gasteiger partial charge on any atom is 0.0623 e. The van der Waals surface area contributed by atoms with E-state index in [-0.39, 0.29) is 5.60 Å². The lowest BCUT2D eigenvalue weighted by Gasteiger charge is -2.25. The minimum Gasteiger partial charge on any atom is -0.379 e. The van der Waals surface area contributed by atoms with Crippen LogP contribution < -0.4 is 5.32 Å². The molecule has 0 fully saturated rings. The predicted molar refractivity (Wildman–Crippen MR) is 85.8 cm³/mol. The standard InChI is InChI=1S/C17H37NO/c1-6-7-8-9-10-11-12-13-16(18-4)14-15-17(2,3)19-5/h16,18H,6-15H2,1-5H3. The lowest BCUT2D eigenvalue weighted by atomic mass is 9.96. The molecule has 0 bridgehead atoms. The summed E-state index contributed by atoms with van der Waals surface area (Å²) in [5.41, 5.74) is 0.0231. The first-order chi connectivity index (χ1) is 9.05. The summed E-state index contributed by atoms with van der Waals surface area (Å²) in [6.07, 6.45) is 13.4. The molecule has 116 valence electrons. The molecule has 0 aromatic heterocycles. The summed E-state index contributed by atoms with van der Waals surface area (Å²) in [7, 11) is 3.90. The van der Waals surface area contributed by atoms with Gasteiger partial charge in [0.15, 0.2) is 0 Å². The van der Waals surface area contributed by atoms with Gasteiger partial charge in [-0.25, -0.2) is 0 Å². The number of hydrogen-bond acceptors (Lipinski definition) is 2. The Bertz CT molecular complexity index is 192. The van der Waals surface area contributed by atoms with Crippen molar-refractivity contribution in [2.24, 2.45) is 0 Å². The Morgan fingerprint density at radius 2 is 1.53 bits per heavy atom. The number of hydrogen-bond donors (Lipinski definition) is 1. The van der Waals surface area contributed by atoms with Gasteiger partial charge in [-0.05, 0) is 40.2 Å². The van der Waals surface area contributed by atoms with E-state index in [0.29, 0.717) is 6.04 Å². The zero-order valence-corrected chi connectivity index (χ0v) is 14.1. The number of ether oxygens (including phenoxy) is 1. The van der Waals surface area contributed by atoms with Gasteiger partial charge in [-0.15, -0.1) is 0 Å². The molecule has 19 heavy (non-hydrogen) atoms. The fourth-order valence-electron chi connectivity index (χ4n) is 2.40. The predicted octanol–water partition coefficient (Wildman–Crippen LogP) is 4.92. The van der Waals surface area contributed by atoms with Crippen molar-refractivity contribution in [2.45, 2.75) is 96.6 Å². The van der Waals surface area contributed by atoms with Gasteiger partial charge in [0.05, 0.1) is 5.60 Å². The first-order valence-electron chi connectivity index (χ1n) is 8.28. The quantitative estimate of drug-likeness (QED) is 0.480. The van der Waals surface area contributed by atoms with E-state index in [4.69, 9.17) is 4.74 Å². The highest BCUT2D eigenvalue weighted by Gasteiger charge is 2.18. The fourth-order valence-corrected chi connectivity index (χ4v) is 2.40. The largest absolute Gasteiger partial charge is 0.379 e. The lowest BCUT2D eigenvalue weighted by Crippen LogP contribution is -2.30. The van der Waals surface area contributed by atoms with Gasteiger partial charge in [0, 0.05) is 13.2 Å². The molecule has 1 atom stereocenters. The van der Waals surface area contributed by atoms with Gasteiger partial charge in [0.25, 0.3) is 0 Å². The van der Waals surface area contributed by atoms with Crippen LogP contribution in [-0.2, 0) is 4.74 Å². The Hall–Kier alpha value is -0.0800. The van der Waals surface area contributed by atoms with Crippen LogP contribution in [0.1, 0.15) is 85.0 Å². The van der Waals surface area contributed by atoms with Gasteiger partial charge in [0.1, 0.15) is 0 Å². The zero-order chi connectivity index (χ0) is 14.6. The summed E-state index contributed by atoms with van der Waals surface area (Å²) in [6.45, 7) is 6.62. The van der Waals surface area contributed by atoms with Crippen LogP contribution in [-0.4, -0.2) is 25.8 Å². The van der Waals surface area contributed by atoms with Crippen LogP contribution >= 0.6 is 0 Å². The van der Waals surface area contributed by atoms with E-state index >= 15 is 0 Å². The first kappa shape index (κ1) is 18.9. The van der Waals surface area contributed by atoms with Gasteiger partial charge < -0.3 is 10.1 Å². The van der Waals surface area contributed by atoms with E-state index in [1.54, 1.807) is 0 Å². The van der Waals surface area contributed by atoms with Crippen LogP contribution in [0.3, 0.4) is 0 Å². The Labute approximate surface area is 121 Å². The maximum absolute atomic E-state index is 5.49. The third-order valence-electron chi connectivity index (χ3n) is 4.21. The van der Waals surface area contributed by atoms with Crippen molar-refractivity contribution in [1.82, 2.24) is 5.32 Å². The van der Waals surface area contributed by atoms with Crippen molar-refractivity contribution in [3.05, 3.63) is 0 Å². The average Bonchev–Trinajstić information content (AvgIpc) is 2.41. The molecule has 0 radical (unpaired) electrons. The molecule has 1 N–H and O–H groups in total. The number of methoxy groups -OCH3 is 1. The summed E-state index contributed by atoms with van der Waals surface area (Å²) in [6, 6.07) is 0.657. The molecule has 1 unspecified atom stereocenters. The molecule has 2 nitrogen and oxygen atoms in total. The molecule has 0 saturated heterocycles. The summed E-state index contributed by atoms with van der Waals surface area (Å²) in [4.78, 5) is 0. The van der Waals surface area contributed by atoms with E-state index in [1.165, 1.54) is 57.8 Å². The van der Waals surface area contributed by atoms with Crippen LogP contribution in [0.5, 0.6) is 0 Å². The van der Waals surface area contributed by atoms with Crippen molar-refractivity contribution >= 4 is 0 Å². The molecule has 0 aliphatic carbocycles. The smallest absolute Gasteiger partial charge is 0.0623 e. The molecule has 2 heteroatoms. The van der Waals surface area contributed by atoms with E-state index in [0.717, 1.165) is 6.42 Å². The summed E-state index contributed by atoms with van der Waals surface area (Å²) >= 11 is 0. The summed E-state index contributed by atoms with van der Waals surface area (Å²) < 4.78 is 5.49. The zero-order valence-electron chi connectivity index (χ0n) is 14.1. The molecule has 0 heterocycles. The Balaban J connectivity index is 3.54. The molecule has 0 amide bonds. The minimum atomic E-state index is 0.0231. The van der Waals surface area contributed by atoms with E-state index in [1.807, 2.05) is 7.11 Å². The topological polar surface area (TPSA) is 21.3 Å². The number of unbranched alkanes of at least 4 members (excludes halogenated alkanes) is 6. The van der Waals surface area contributed by atoms with Gasteiger partial charge in [-0.3, -0.25) is 0 Å². The van der Waals surface area contributed by atoms with Crippen LogP contribution in [0.25, 0.3) is 0 Å². The molecule has 0 rings (SSSR count). The molecule has 0 spiro atoms.